The van der Waals surface area contributed by atoms with Gasteiger partial charge in [-0.2, -0.15) is 5.26 Å². The molecule has 0 radical (unpaired) electrons. The third-order valence-electron chi connectivity index (χ3n) is 2.08. The van der Waals surface area contributed by atoms with Gasteiger partial charge in [-0.25, -0.2) is 4.79 Å². The minimum absolute atomic E-state index is 0.0530. The van der Waals surface area contributed by atoms with Crippen molar-refractivity contribution in [1.29, 1.82) is 5.26 Å². The van der Waals surface area contributed by atoms with Gasteiger partial charge in [0.2, 0.25) is 0 Å². The number of hydrogen-bond donors (Lipinski definition) is 1. The Bertz CT molecular complexity index is 471. The van der Waals surface area contributed by atoms with Crippen LogP contribution in [0, 0.1) is 11.3 Å². The van der Waals surface area contributed by atoms with Gasteiger partial charge in [0.05, 0.1) is 13.7 Å². The molecular weight excluding hydrogens is 234 g/mol. The molecule has 18 heavy (non-hydrogen) atoms. The minimum atomic E-state index is -0.668. The van der Waals surface area contributed by atoms with Crippen LogP contribution >= 0.6 is 0 Å². The topological polar surface area (TPSA) is 79.6 Å². The maximum Gasteiger partial charge on any atom is 0.348 e. The van der Waals surface area contributed by atoms with Crippen LogP contribution in [0.25, 0.3) is 6.08 Å². The number of aliphatic hydroxyl groups excluding tert-OH is 1. The molecular formula is C13H13NO4. The predicted octanol–water partition coefficient (Wildman–Crippen LogP) is 1.14. The summed E-state index contributed by atoms with van der Waals surface area (Å²) < 4.78 is 9.65. The Morgan fingerprint density at radius 2 is 2.11 bits per heavy atom. The van der Waals surface area contributed by atoms with Gasteiger partial charge >= 0.3 is 5.97 Å². The number of ether oxygens (including phenoxy) is 2. The lowest BCUT2D eigenvalue weighted by Gasteiger charge is -2.04. The van der Waals surface area contributed by atoms with Crippen molar-refractivity contribution >= 4 is 12.0 Å². The molecule has 5 nitrogen and oxygen atoms in total. The molecule has 94 valence electrons. The van der Waals surface area contributed by atoms with E-state index in [0.29, 0.717) is 11.3 Å². The lowest BCUT2D eigenvalue weighted by Crippen LogP contribution is -2.02. The summed E-state index contributed by atoms with van der Waals surface area (Å²) in [6.45, 7) is 0.170. The van der Waals surface area contributed by atoms with Crippen LogP contribution < -0.4 is 4.74 Å². The van der Waals surface area contributed by atoms with Crippen molar-refractivity contribution in [2.75, 3.05) is 20.3 Å². The van der Waals surface area contributed by atoms with Crippen LogP contribution in [0.2, 0.25) is 0 Å². The fourth-order valence-corrected chi connectivity index (χ4v) is 1.24. The molecule has 0 spiro atoms. The summed E-state index contributed by atoms with van der Waals surface area (Å²) in [7, 11) is 1.22. The number of carbonyl (C=O) groups excluding carboxylic acids is 1. The highest BCUT2D eigenvalue weighted by molar-refractivity contribution is 5.97. The number of benzene rings is 1. The first-order chi connectivity index (χ1) is 8.71. The zero-order valence-corrected chi connectivity index (χ0v) is 9.92. The molecule has 0 unspecified atom stereocenters. The number of hydrogen-bond acceptors (Lipinski definition) is 5. The van der Waals surface area contributed by atoms with Gasteiger partial charge in [0.25, 0.3) is 0 Å². The Kier molecular flexibility index (Phi) is 5.42. The first-order valence-corrected chi connectivity index (χ1v) is 5.25. The van der Waals surface area contributed by atoms with Crippen LogP contribution in [0.1, 0.15) is 5.56 Å². The highest BCUT2D eigenvalue weighted by atomic mass is 16.5. The van der Waals surface area contributed by atoms with E-state index >= 15 is 0 Å². The van der Waals surface area contributed by atoms with E-state index in [0.717, 1.165) is 0 Å². The molecule has 0 saturated heterocycles. The van der Waals surface area contributed by atoms with E-state index in [2.05, 4.69) is 4.74 Å². The molecule has 0 aliphatic carbocycles. The Morgan fingerprint density at radius 1 is 1.44 bits per heavy atom. The molecule has 5 heteroatoms. The molecule has 0 amide bonds. The fourth-order valence-electron chi connectivity index (χ4n) is 1.24. The number of carbonyl (C=O) groups is 1. The van der Waals surface area contributed by atoms with E-state index in [9.17, 15) is 4.79 Å². The van der Waals surface area contributed by atoms with Crippen LogP contribution in [0.15, 0.2) is 29.8 Å². The monoisotopic (exact) mass is 247 g/mol. The van der Waals surface area contributed by atoms with Gasteiger partial charge < -0.3 is 14.6 Å². The van der Waals surface area contributed by atoms with Crippen molar-refractivity contribution in [2.45, 2.75) is 0 Å². The van der Waals surface area contributed by atoms with Crippen molar-refractivity contribution in [1.82, 2.24) is 0 Å². The molecule has 1 aromatic rings. The van der Waals surface area contributed by atoms with E-state index in [-0.39, 0.29) is 18.8 Å². The maximum absolute atomic E-state index is 11.2. The lowest BCUT2D eigenvalue weighted by atomic mass is 10.1. The Labute approximate surface area is 105 Å². The largest absolute Gasteiger partial charge is 0.491 e. The van der Waals surface area contributed by atoms with Gasteiger partial charge in [-0.1, -0.05) is 12.1 Å². The third kappa shape index (κ3) is 3.92. The molecule has 0 atom stereocenters. The lowest BCUT2D eigenvalue weighted by molar-refractivity contribution is -0.135. The average Bonchev–Trinajstić information content (AvgIpc) is 2.43. The van der Waals surface area contributed by atoms with Crippen LogP contribution in [0.4, 0.5) is 0 Å². The Hall–Kier alpha value is -2.32. The predicted molar refractivity (Wildman–Crippen MR) is 64.6 cm³/mol. The van der Waals surface area contributed by atoms with E-state index in [1.165, 1.54) is 13.2 Å². The van der Waals surface area contributed by atoms with Crippen molar-refractivity contribution in [3.05, 3.63) is 35.4 Å². The molecule has 0 aliphatic rings. The second kappa shape index (κ2) is 7.09. The zero-order valence-electron chi connectivity index (χ0n) is 9.92. The standard InChI is InChI=1S/C13H13NO4/c1-17-13(16)11(9-14)8-10-2-4-12(5-3-10)18-7-6-15/h2-5,8,15H,6-7H2,1H3. The molecule has 1 N–H and O–H groups in total. The van der Waals surface area contributed by atoms with Gasteiger partial charge in [0, 0.05) is 0 Å². The molecule has 0 bridgehead atoms. The van der Waals surface area contributed by atoms with E-state index in [4.69, 9.17) is 15.1 Å². The van der Waals surface area contributed by atoms with Gasteiger partial charge in [0.1, 0.15) is 24.0 Å². The van der Waals surface area contributed by atoms with Gasteiger partial charge in [-0.15, -0.1) is 0 Å². The summed E-state index contributed by atoms with van der Waals surface area (Å²) in [5.74, 6) is -0.0594. The van der Waals surface area contributed by atoms with Crippen LogP contribution in [0.5, 0.6) is 5.75 Å². The van der Waals surface area contributed by atoms with Crippen molar-refractivity contribution in [3.63, 3.8) is 0 Å². The summed E-state index contributed by atoms with van der Waals surface area (Å²) in [5, 5.41) is 17.4. The zero-order chi connectivity index (χ0) is 13.4. The van der Waals surface area contributed by atoms with E-state index in [1.807, 2.05) is 0 Å². The molecule has 0 aliphatic heterocycles. The second-order valence-electron chi connectivity index (χ2n) is 3.30. The number of nitrogens with zero attached hydrogens (tertiary/aromatic N) is 1. The summed E-state index contributed by atoms with van der Waals surface area (Å²) >= 11 is 0. The molecule has 1 aromatic carbocycles. The first kappa shape index (κ1) is 13.7. The summed E-state index contributed by atoms with van der Waals surface area (Å²) in [4.78, 5) is 11.2. The minimum Gasteiger partial charge on any atom is -0.491 e. The van der Waals surface area contributed by atoms with Crippen LogP contribution in [-0.2, 0) is 9.53 Å². The third-order valence-corrected chi connectivity index (χ3v) is 2.08. The average molecular weight is 247 g/mol. The highest BCUT2D eigenvalue weighted by Crippen LogP contribution is 2.14. The molecule has 0 heterocycles. The Morgan fingerprint density at radius 3 is 2.61 bits per heavy atom. The Balaban J connectivity index is 2.82. The number of esters is 1. The smallest absolute Gasteiger partial charge is 0.348 e. The van der Waals surface area contributed by atoms with E-state index < -0.39 is 5.97 Å². The quantitative estimate of drug-likeness (QED) is 0.479. The van der Waals surface area contributed by atoms with Crippen molar-refractivity contribution in [2.24, 2.45) is 0 Å². The summed E-state index contributed by atoms with van der Waals surface area (Å²) in [5.41, 5.74) is 0.620. The number of aliphatic hydroxyl groups is 1. The number of methoxy groups -OCH3 is 1. The molecule has 0 saturated carbocycles. The first-order valence-electron chi connectivity index (χ1n) is 5.25. The summed E-state index contributed by atoms with van der Waals surface area (Å²) in [6.07, 6.45) is 1.43. The van der Waals surface area contributed by atoms with Crippen LogP contribution in [-0.4, -0.2) is 31.4 Å². The van der Waals surface area contributed by atoms with Crippen molar-refractivity contribution in [3.8, 4) is 11.8 Å². The SMILES string of the molecule is COC(=O)C(C#N)=Cc1ccc(OCCO)cc1. The number of rotatable bonds is 5. The maximum atomic E-state index is 11.2. The number of nitriles is 1. The highest BCUT2D eigenvalue weighted by Gasteiger charge is 2.08. The molecule has 1 rings (SSSR count). The molecule has 0 fully saturated rings. The fraction of sp³-hybridized carbons (Fsp3) is 0.231. The normalized spacial score (nSPS) is 10.6. The second-order valence-corrected chi connectivity index (χ2v) is 3.30. The van der Waals surface area contributed by atoms with E-state index in [1.54, 1.807) is 30.3 Å². The van der Waals surface area contributed by atoms with Gasteiger partial charge in [-0.05, 0) is 23.8 Å². The van der Waals surface area contributed by atoms with Crippen molar-refractivity contribution < 1.29 is 19.4 Å². The molecule has 0 aromatic heterocycles. The van der Waals surface area contributed by atoms with Crippen LogP contribution in [0.3, 0.4) is 0 Å². The summed E-state index contributed by atoms with van der Waals surface area (Å²) in [6, 6.07) is 8.55. The van der Waals surface area contributed by atoms with Gasteiger partial charge in [0.15, 0.2) is 0 Å². The van der Waals surface area contributed by atoms with Gasteiger partial charge in [-0.3, -0.25) is 0 Å².